The van der Waals surface area contributed by atoms with Gasteiger partial charge in [0.15, 0.2) is 0 Å². The molecule has 0 aromatic heterocycles. The molecule has 1 N–H and O–H groups in total. The van der Waals surface area contributed by atoms with E-state index in [9.17, 15) is 4.79 Å². The molecule has 2 saturated carbocycles. The quantitative estimate of drug-likeness (QED) is 0.792. The van der Waals surface area contributed by atoms with Crippen molar-refractivity contribution in [2.24, 2.45) is 5.92 Å². The van der Waals surface area contributed by atoms with Gasteiger partial charge in [-0.2, -0.15) is 11.8 Å². The first-order chi connectivity index (χ1) is 10.3. The number of halogens is 1. The van der Waals surface area contributed by atoms with Gasteiger partial charge in [-0.3, -0.25) is 4.79 Å². The number of nitrogens with one attached hydrogen (secondary N) is 1. The summed E-state index contributed by atoms with van der Waals surface area (Å²) in [5.74, 6) is 2.35. The van der Waals surface area contributed by atoms with Crippen LogP contribution in [0.2, 0.25) is 0 Å². The number of thioether (sulfide) groups is 1. The molecule has 2 saturated heterocycles. The standard InChI is InChI=1S/C17H28N2OS.ClH/c20-17(14-11-12-5-1-2-6-13(12)18-14)19-9-10-21-16-8-4-3-7-15(16)19;/h12-16,18H,1-11H2;1H. The van der Waals surface area contributed by atoms with Crippen molar-refractivity contribution in [3.05, 3.63) is 0 Å². The van der Waals surface area contributed by atoms with Gasteiger partial charge in [-0.1, -0.05) is 25.7 Å². The second-order valence-corrected chi connectivity index (χ2v) is 8.75. The summed E-state index contributed by atoms with van der Waals surface area (Å²) in [6, 6.07) is 1.30. The van der Waals surface area contributed by atoms with Gasteiger partial charge >= 0.3 is 0 Å². The Morgan fingerprint density at radius 3 is 2.68 bits per heavy atom. The number of fused-ring (bicyclic) bond motifs is 2. The fourth-order valence-electron chi connectivity index (χ4n) is 5.08. The number of nitrogens with zero attached hydrogens (tertiary/aromatic N) is 1. The zero-order chi connectivity index (χ0) is 14.2. The predicted octanol–water partition coefficient (Wildman–Crippen LogP) is 3.22. The van der Waals surface area contributed by atoms with E-state index in [0.717, 1.165) is 29.9 Å². The van der Waals surface area contributed by atoms with E-state index in [1.165, 1.54) is 51.4 Å². The summed E-state index contributed by atoms with van der Waals surface area (Å²) in [7, 11) is 0. The van der Waals surface area contributed by atoms with Gasteiger partial charge in [0.2, 0.25) is 5.91 Å². The van der Waals surface area contributed by atoms with Crippen molar-refractivity contribution in [2.75, 3.05) is 12.3 Å². The monoisotopic (exact) mass is 344 g/mol. The molecule has 2 heterocycles. The Balaban J connectivity index is 0.00000144. The Bertz CT molecular complexity index is 392. The normalized spacial score (nSPS) is 41.3. The molecule has 0 radical (unpaired) electrons. The van der Waals surface area contributed by atoms with Crippen LogP contribution in [0.25, 0.3) is 0 Å². The number of carbonyl (C=O) groups excluding carboxylic acids is 1. The lowest BCUT2D eigenvalue weighted by molar-refractivity contribution is -0.136. The van der Waals surface area contributed by atoms with E-state index < -0.39 is 0 Å². The van der Waals surface area contributed by atoms with E-state index in [0.29, 0.717) is 18.0 Å². The molecule has 2 aliphatic carbocycles. The van der Waals surface area contributed by atoms with Gasteiger partial charge < -0.3 is 10.2 Å². The van der Waals surface area contributed by atoms with Crippen LogP contribution in [0.1, 0.15) is 57.8 Å². The molecule has 4 rings (SSSR count). The Morgan fingerprint density at radius 1 is 1.05 bits per heavy atom. The van der Waals surface area contributed by atoms with Gasteiger partial charge in [0.25, 0.3) is 0 Å². The van der Waals surface area contributed by atoms with Gasteiger partial charge in [0, 0.05) is 29.6 Å². The zero-order valence-corrected chi connectivity index (χ0v) is 15.0. The topological polar surface area (TPSA) is 32.3 Å². The van der Waals surface area contributed by atoms with Gasteiger partial charge in [0.1, 0.15) is 0 Å². The lowest BCUT2D eigenvalue weighted by atomic mass is 9.85. The molecule has 0 aromatic carbocycles. The van der Waals surface area contributed by atoms with Gasteiger partial charge in [0.05, 0.1) is 6.04 Å². The molecule has 4 aliphatic rings. The van der Waals surface area contributed by atoms with E-state index in [1.807, 2.05) is 0 Å². The fraction of sp³-hybridized carbons (Fsp3) is 0.941. The lowest BCUT2D eigenvalue weighted by Gasteiger charge is -2.44. The van der Waals surface area contributed by atoms with Gasteiger partial charge in [-0.05, 0) is 38.0 Å². The van der Waals surface area contributed by atoms with E-state index in [4.69, 9.17) is 0 Å². The van der Waals surface area contributed by atoms with Crippen LogP contribution in [0.15, 0.2) is 0 Å². The highest BCUT2D eigenvalue weighted by atomic mass is 35.5. The minimum absolute atomic E-state index is 0. The Kier molecular flexibility index (Phi) is 5.62. The molecule has 5 heteroatoms. The Hall–Kier alpha value is 0.0700. The molecule has 0 bridgehead atoms. The smallest absolute Gasteiger partial charge is 0.240 e. The molecule has 5 unspecified atom stereocenters. The van der Waals surface area contributed by atoms with Crippen molar-refractivity contribution in [1.29, 1.82) is 0 Å². The number of rotatable bonds is 1. The Labute approximate surface area is 144 Å². The third-order valence-corrected chi connectivity index (χ3v) is 7.57. The summed E-state index contributed by atoms with van der Waals surface area (Å²) in [5.41, 5.74) is 0. The van der Waals surface area contributed by atoms with E-state index in [-0.39, 0.29) is 18.4 Å². The summed E-state index contributed by atoms with van der Waals surface area (Å²) in [5, 5.41) is 4.41. The average Bonchev–Trinajstić information content (AvgIpc) is 2.97. The molecule has 5 atom stereocenters. The fourth-order valence-corrected chi connectivity index (χ4v) is 6.52. The van der Waals surface area contributed by atoms with Crippen molar-refractivity contribution in [3.8, 4) is 0 Å². The van der Waals surface area contributed by atoms with Crippen molar-refractivity contribution in [3.63, 3.8) is 0 Å². The number of amides is 1. The van der Waals surface area contributed by atoms with Crippen molar-refractivity contribution >= 4 is 30.1 Å². The van der Waals surface area contributed by atoms with Crippen LogP contribution < -0.4 is 5.32 Å². The summed E-state index contributed by atoms with van der Waals surface area (Å²) in [6.07, 6.45) is 11.7. The summed E-state index contributed by atoms with van der Waals surface area (Å²) < 4.78 is 0. The molecule has 1 amide bonds. The first-order valence-electron chi connectivity index (χ1n) is 9.01. The molecule has 0 spiro atoms. The maximum atomic E-state index is 13.1. The van der Waals surface area contributed by atoms with Crippen LogP contribution in [0, 0.1) is 5.92 Å². The lowest BCUT2D eigenvalue weighted by Crippen LogP contribution is -2.56. The minimum Gasteiger partial charge on any atom is -0.336 e. The second-order valence-electron chi connectivity index (χ2n) is 7.40. The maximum absolute atomic E-state index is 13.1. The zero-order valence-electron chi connectivity index (χ0n) is 13.3. The summed E-state index contributed by atoms with van der Waals surface area (Å²) in [4.78, 5) is 15.3. The van der Waals surface area contributed by atoms with Crippen LogP contribution in [-0.2, 0) is 4.79 Å². The van der Waals surface area contributed by atoms with Crippen LogP contribution >= 0.6 is 24.2 Å². The van der Waals surface area contributed by atoms with Crippen LogP contribution in [0.5, 0.6) is 0 Å². The Morgan fingerprint density at radius 2 is 1.82 bits per heavy atom. The summed E-state index contributed by atoms with van der Waals surface area (Å²) in [6.45, 7) is 0.984. The summed E-state index contributed by atoms with van der Waals surface area (Å²) >= 11 is 2.12. The highest BCUT2D eigenvalue weighted by Crippen LogP contribution is 2.38. The largest absolute Gasteiger partial charge is 0.336 e. The van der Waals surface area contributed by atoms with Gasteiger partial charge in [-0.25, -0.2) is 0 Å². The highest BCUT2D eigenvalue weighted by molar-refractivity contribution is 8.00. The molecule has 126 valence electrons. The van der Waals surface area contributed by atoms with Gasteiger partial charge in [-0.15, -0.1) is 12.4 Å². The average molecular weight is 345 g/mol. The minimum atomic E-state index is 0. The first-order valence-corrected chi connectivity index (χ1v) is 10.1. The molecule has 4 fully saturated rings. The third kappa shape index (κ3) is 3.16. The first kappa shape index (κ1) is 16.9. The van der Waals surface area contributed by atoms with Crippen LogP contribution in [0.4, 0.5) is 0 Å². The van der Waals surface area contributed by atoms with Crippen molar-refractivity contribution in [1.82, 2.24) is 10.2 Å². The second kappa shape index (κ2) is 7.31. The number of hydrogen-bond acceptors (Lipinski definition) is 3. The number of hydrogen-bond donors (Lipinski definition) is 1. The molecule has 22 heavy (non-hydrogen) atoms. The van der Waals surface area contributed by atoms with Crippen molar-refractivity contribution in [2.45, 2.75) is 81.2 Å². The van der Waals surface area contributed by atoms with Crippen molar-refractivity contribution < 1.29 is 4.79 Å². The van der Waals surface area contributed by atoms with E-state index in [2.05, 4.69) is 22.0 Å². The molecule has 2 aliphatic heterocycles. The molecule has 0 aromatic rings. The number of carbonyl (C=O) groups is 1. The highest BCUT2D eigenvalue weighted by Gasteiger charge is 2.43. The van der Waals surface area contributed by atoms with Crippen LogP contribution in [0.3, 0.4) is 0 Å². The van der Waals surface area contributed by atoms with E-state index in [1.54, 1.807) is 0 Å². The van der Waals surface area contributed by atoms with Crippen LogP contribution in [-0.4, -0.2) is 46.5 Å². The maximum Gasteiger partial charge on any atom is 0.240 e. The molecular weight excluding hydrogens is 316 g/mol. The predicted molar refractivity (Wildman–Crippen MR) is 94.7 cm³/mol. The third-order valence-electron chi connectivity index (χ3n) is 6.18. The van der Waals surface area contributed by atoms with E-state index >= 15 is 0 Å². The molecular formula is C17H29ClN2OS. The SMILES string of the molecule is Cl.O=C(C1CC2CCCCC2N1)N1CCSC2CCCCC21. The molecule has 3 nitrogen and oxygen atoms in total.